The van der Waals surface area contributed by atoms with Gasteiger partial charge in [0.05, 0.1) is 11.0 Å². The van der Waals surface area contributed by atoms with E-state index in [-0.39, 0.29) is 6.42 Å². The zero-order valence-corrected chi connectivity index (χ0v) is 12.9. The third kappa shape index (κ3) is 3.88. The summed E-state index contributed by atoms with van der Waals surface area (Å²) >= 11 is 9.10. The van der Waals surface area contributed by atoms with Crippen LogP contribution in [0.5, 0.6) is 0 Å². The van der Waals surface area contributed by atoms with Crippen molar-refractivity contribution in [2.75, 3.05) is 5.88 Å². The second-order valence-corrected chi connectivity index (χ2v) is 5.76. The Kier molecular flexibility index (Phi) is 4.96. The molecule has 0 spiro atoms. The van der Waals surface area contributed by atoms with E-state index in [0.717, 1.165) is 21.3 Å². The van der Waals surface area contributed by atoms with Gasteiger partial charge >= 0.3 is 6.18 Å². The van der Waals surface area contributed by atoms with Gasteiger partial charge in [0.25, 0.3) is 0 Å². The maximum absolute atomic E-state index is 12.3. The van der Waals surface area contributed by atoms with Crippen LogP contribution >= 0.6 is 27.5 Å². The van der Waals surface area contributed by atoms with E-state index in [1.54, 1.807) is 0 Å². The molecule has 1 heterocycles. The van der Waals surface area contributed by atoms with Crippen LogP contribution < -0.4 is 0 Å². The number of aryl methyl sites for hydroxylation is 2. The monoisotopic (exact) mass is 368 g/mol. The minimum absolute atomic E-state index is 0.0385. The molecule has 0 aliphatic rings. The summed E-state index contributed by atoms with van der Waals surface area (Å²) in [6.45, 7) is 0.290. The number of nitrogens with zero attached hydrogens (tertiary/aromatic N) is 2. The number of aromatic nitrogens is 2. The Morgan fingerprint density at radius 1 is 1.30 bits per heavy atom. The van der Waals surface area contributed by atoms with Crippen molar-refractivity contribution in [1.82, 2.24) is 9.55 Å². The topological polar surface area (TPSA) is 17.8 Å². The van der Waals surface area contributed by atoms with Crippen molar-refractivity contribution in [2.45, 2.75) is 32.0 Å². The first-order chi connectivity index (χ1) is 9.40. The summed E-state index contributed by atoms with van der Waals surface area (Å²) in [7, 11) is 0. The highest BCUT2D eigenvalue weighted by Gasteiger charge is 2.26. The zero-order chi connectivity index (χ0) is 14.8. The van der Waals surface area contributed by atoms with Gasteiger partial charge in [-0.05, 0) is 24.6 Å². The summed E-state index contributed by atoms with van der Waals surface area (Å²) in [6, 6.07) is 5.57. The lowest BCUT2D eigenvalue weighted by atomic mass is 10.2. The van der Waals surface area contributed by atoms with Crippen LogP contribution in [0.3, 0.4) is 0 Å². The molecule has 0 bridgehead atoms. The quantitative estimate of drug-likeness (QED) is 0.684. The molecule has 0 fully saturated rings. The molecule has 0 unspecified atom stereocenters. The van der Waals surface area contributed by atoms with Crippen LogP contribution in [-0.2, 0) is 13.0 Å². The van der Waals surface area contributed by atoms with E-state index in [2.05, 4.69) is 20.9 Å². The highest BCUT2D eigenvalue weighted by Crippen LogP contribution is 2.25. The predicted molar refractivity (Wildman–Crippen MR) is 77.1 cm³/mol. The van der Waals surface area contributed by atoms with Gasteiger partial charge in [-0.1, -0.05) is 15.9 Å². The molecule has 0 aliphatic carbocycles. The predicted octanol–water partition coefficient (Wildman–Crippen LogP) is 4.92. The number of alkyl halides is 4. The number of benzene rings is 1. The molecule has 0 aliphatic heterocycles. The summed E-state index contributed by atoms with van der Waals surface area (Å²) in [6.07, 6.45) is -4.33. The van der Waals surface area contributed by atoms with Gasteiger partial charge in [0.2, 0.25) is 0 Å². The molecule has 0 atom stereocenters. The van der Waals surface area contributed by atoms with Crippen LogP contribution in [-0.4, -0.2) is 21.6 Å². The molecule has 0 saturated heterocycles. The summed E-state index contributed by atoms with van der Waals surface area (Å²) in [5.41, 5.74) is 1.61. The number of rotatable bonds is 5. The van der Waals surface area contributed by atoms with Gasteiger partial charge in [-0.25, -0.2) is 4.98 Å². The highest BCUT2D eigenvalue weighted by atomic mass is 79.9. The molecule has 2 nitrogen and oxygen atoms in total. The molecule has 7 heteroatoms. The lowest BCUT2D eigenvalue weighted by Gasteiger charge is -2.10. The Balaban J connectivity index is 2.28. The maximum atomic E-state index is 12.3. The number of imidazole rings is 1. The van der Waals surface area contributed by atoms with Gasteiger partial charge in [-0.15, -0.1) is 11.6 Å². The largest absolute Gasteiger partial charge is 0.389 e. The minimum Gasteiger partial charge on any atom is -0.328 e. The first-order valence-corrected chi connectivity index (χ1v) is 7.51. The summed E-state index contributed by atoms with van der Waals surface area (Å²) < 4.78 is 39.5. The van der Waals surface area contributed by atoms with Crippen LogP contribution in [0.15, 0.2) is 22.7 Å². The zero-order valence-electron chi connectivity index (χ0n) is 10.6. The summed E-state index contributed by atoms with van der Waals surface area (Å²) in [4.78, 5) is 4.44. The molecule has 0 saturated carbocycles. The average molecular weight is 370 g/mol. The number of fused-ring (bicyclic) bond motifs is 1. The Labute approximate surface area is 128 Å². The van der Waals surface area contributed by atoms with Gasteiger partial charge in [-0.3, -0.25) is 0 Å². The number of hydrogen-bond acceptors (Lipinski definition) is 1. The lowest BCUT2D eigenvalue weighted by Crippen LogP contribution is -2.11. The molecule has 2 aromatic rings. The van der Waals surface area contributed by atoms with Crippen LogP contribution in [0.25, 0.3) is 11.0 Å². The average Bonchev–Trinajstić information content (AvgIpc) is 2.66. The third-order valence-corrected chi connectivity index (χ3v) is 3.63. The summed E-state index contributed by atoms with van der Waals surface area (Å²) in [5.74, 6) is 1.12. The van der Waals surface area contributed by atoms with Crippen molar-refractivity contribution in [3.8, 4) is 0 Å². The van der Waals surface area contributed by atoms with Gasteiger partial charge in [0.15, 0.2) is 0 Å². The Bertz CT molecular complexity index is 595. The molecular weight excluding hydrogens is 357 g/mol. The first kappa shape index (κ1) is 15.6. The minimum atomic E-state index is -4.12. The molecule has 0 N–H and O–H groups in total. The van der Waals surface area contributed by atoms with Gasteiger partial charge < -0.3 is 4.57 Å². The molecule has 1 aromatic carbocycles. The standard InChI is InChI=1S/C13H13BrClF3N2/c14-9-2-3-10-11(8-9)20(12(19-10)4-6-15)7-1-5-13(16,17)18/h2-3,8H,1,4-7H2. The molecule has 1 aromatic heterocycles. The van der Waals surface area contributed by atoms with Gasteiger partial charge in [0, 0.05) is 29.7 Å². The fraction of sp³-hybridized carbons (Fsp3) is 0.462. The van der Waals surface area contributed by atoms with E-state index in [1.807, 2.05) is 22.8 Å². The van der Waals surface area contributed by atoms with Crippen molar-refractivity contribution in [2.24, 2.45) is 0 Å². The molecule has 2 rings (SSSR count). The van der Waals surface area contributed by atoms with Crippen LogP contribution in [0.1, 0.15) is 18.7 Å². The van der Waals surface area contributed by atoms with E-state index in [1.165, 1.54) is 0 Å². The fourth-order valence-electron chi connectivity index (χ4n) is 2.11. The van der Waals surface area contributed by atoms with Gasteiger partial charge in [-0.2, -0.15) is 13.2 Å². The van der Waals surface area contributed by atoms with Crippen LogP contribution in [0, 0.1) is 0 Å². The van der Waals surface area contributed by atoms with E-state index in [4.69, 9.17) is 11.6 Å². The van der Waals surface area contributed by atoms with Crippen molar-refractivity contribution < 1.29 is 13.2 Å². The van der Waals surface area contributed by atoms with Crippen LogP contribution in [0.4, 0.5) is 13.2 Å². The number of hydrogen-bond donors (Lipinski definition) is 0. The SMILES string of the molecule is FC(F)(F)CCCn1c(CCCl)nc2ccc(Br)cc21. The Hall–Kier alpha value is -0.750. The molecule has 110 valence electrons. The highest BCUT2D eigenvalue weighted by molar-refractivity contribution is 9.10. The van der Waals surface area contributed by atoms with Crippen molar-refractivity contribution >= 4 is 38.6 Å². The van der Waals surface area contributed by atoms with E-state index >= 15 is 0 Å². The normalized spacial score (nSPS) is 12.2. The number of halogens is 5. The first-order valence-electron chi connectivity index (χ1n) is 6.18. The van der Waals surface area contributed by atoms with Crippen molar-refractivity contribution in [3.63, 3.8) is 0 Å². The molecule has 0 amide bonds. The molecular formula is C13H13BrClF3N2. The third-order valence-electron chi connectivity index (χ3n) is 2.95. The molecule has 20 heavy (non-hydrogen) atoms. The van der Waals surface area contributed by atoms with E-state index in [9.17, 15) is 13.2 Å². The smallest absolute Gasteiger partial charge is 0.328 e. The van der Waals surface area contributed by atoms with Crippen molar-refractivity contribution in [1.29, 1.82) is 0 Å². The Morgan fingerprint density at radius 3 is 2.70 bits per heavy atom. The maximum Gasteiger partial charge on any atom is 0.389 e. The second kappa shape index (κ2) is 6.35. The summed E-state index contributed by atoms with van der Waals surface area (Å²) in [5, 5.41) is 0. The van der Waals surface area contributed by atoms with Crippen molar-refractivity contribution in [3.05, 3.63) is 28.5 Å². The lowest BCUT2D eigenvalue weighted by molar-refractivity contribution is -0.135. The fourth-order valence-corrected chi connectivity index (χ4v) is 2.63. The van der Waals surface area contributed by atoms with Gasteiger partial charge in [0.1, 0.15) is 5.82 Å². The second-order valence-electron chi connectivity index (χ2n) is 4.47. The van der Waals surface area contributed by atoms with Crippen LogP contribution in [0.2, 0.25) is 0 Å². The Morgan fingerprint density at radius 2 is 2.05 bits per heavy atom. The van der Waals surface area contributed by atoms with E-state index in [0.29, 0.717) is 18.8 Å². The molecule has 0 radical (unpaired) electrons. The van der Waals surface area contributed by atoms with E-state index < -0.39 is 12.6 Å².